The molecule has 2 aliphatic rings. The average Bonchev–Trinajstić information content (AvgIpc) is 2.72. The molecule has 0 aromatic heterocycles. The standard InChI is InChI=1S/C13H26N2O/c1-16-9-8-15(10-12-4-2-5-12)11-13-6-3-7-14-13/h12-14H,2-11H2,1H3. The predicted octanol–water partition coefficient (Wildman–Crippen LogP) is 1.49. The Kier molecular flexibility index (Phi) is 5.07. The van der Waals surface area contributed by atoms with E-state index in [-0.39, 0.29) is 0 Å². The summed E-state index contributed by atoms with van der Waals surface area (Å²) in [5, 5.41) is 3.59. The summed E-state index contributed by atoms with van der Waals surface area (Å²) < 4.78 is 5.21. The molecule has 0 spiro atoms. The number of rotatable bonds is 7. The second kappa shape index (κ2) is 6.58. The monoisotopic (exact) mass is 226 g/mol. The van der Waals surface area contributed by atoms with Gasteiger partial charge in [-0.25, -0.2) is 0 Å². The summed E-state index contributed by atoms with van der Waals surface area (Å²) in [5.41, 5.74) is 0. The van der Waals surface area contributed by atoms with Gasteiger partial charge in [-0.2, -0.15) is 0 Å². The summed E-state index contributed by atoms with van der Waals surface area (Å²) in [7, 11) is 1.80. The fraction of sp³-hybridized carbons (Fsp3) is 1.00. The normalized spacial score (nSPS) is 26.2. The minimum absolute atomic E-state index is 0.733. The van der Waals surface area contributed by atoms with Crippen molar-refractivity contribution in [2.45, 2.75) is 38.1 Å². The van der Waals surface area contributed by atoms with Crippen LogP contribution in [0, 0.1) is 5.92 Å². The molecule has 0 aromatic rings. The Morgan fingerprint density at radius 3 is 2.62 bits per heavy atom. The number of nitrogens with one attached hydrogen (secondary N) is 1. The summed E-state index contributed by atoms with van der Waals surface area (Å²) in [5.74, 6) is 0.971. The first-order chi connectivity index (χ1) is 7.88. The molecule has 1 saturated heterocycles. The molecule has 94 valence electrons. The van der Waals surface area contributed by atoms with E-state index >= 15 is 0 Å². The Morgan fingerprint density at radius 2 is 2.06 bits per heavy atom. The zero-order valence-electron chi connectivity index (χ0n) is 10.6. The van der Waals surface area contributed by atoms with E-state index in [9.17, 15) is 0 Å². The van der Waals surface area contributed by atoms with Crippen molar-refractivity contribution in [3.8, 4) is 0 Å². The highest BCUT2D eigenvalue weighted by atomic mass is 16.5. The van der Waals surface area contributed by atoms with Crippen molar-refractivity contribution < 1.29 is 4.74 Å². The zero-order chi connectivity index (χ0) is 11.2. The van der Waals surface area contributed by atoms with Gasteiger partial charge >= 0.3 is 0 Å². The van der Waals surface area contributed by atoms with Gasteiger partial charge in [0.15, 0.2) is 0 Å². The van der Waals surface area contributed by atoms with Gasteiger partial charge in [0.05, 0.1) is 6.61 Å². The van der Waals surface area contributed by atoms with Gasteiger partial charge in [0.25, 0.3) is 0 Å². The number of nitrogens with zero attached hydrogens (tertiary/aromatic N) is 1. The van der Waals surface area contributed by atoms with Crippen molar-refractivity contribution in [2.24, 2.45) is 5.92 Å². The van der Waals surface area contributed by atoms with Gasteiger partial charge in [-0.05, 0) is 38.1 Å². The lowest BCUT2D eigenvalue weighted by atomic mass is 9.85. The first-order valence-corrected chi connectivity index (χ1v) is 6.83. The third-order valence-corrected chi connectivity index (χ3v) is 3.99. The lowest BCUT2D eigenvalue weighted by molar-refractivity contribution is 0.114. The van der Waals surface area contributed by atoms with E-state index in [1.165, 1.54) is 51.7 Å². The molecule has 0 amide bonds. The maximum absolute atomic E-state index is 5.21. The molecular weight excluding hydrogens is 200 g/mol. The van der Waals surface area contributed by atoms with Gasteiger partial charge in [-0.3, -0.25) is 4.90 Å². The molecule has 3 heteroatoms. The number of hydrogen-bond acceptors (Lipinski definition) is 3. The van der Waals surface area contributed by atoms with E-state index in [1.54, 1.807) is 7.11 Å². The van der Waals surface area contributed by atoms with Gasteiger partial charge in [0.1, 0.15) is 0 Å². The molecular formula is C13H26N2O. The van der Waals surface area contributed by atoms with E-state index in [4.69, 9.17) is 4.74 Å². The van der Waals surface area contributed by atoms with Crippen LogP contribution in [0.15, 0.2) is 0 Å². The molecule has 1 heterocycles. The van der Waals surface area contributed by atoms with Gasteiger partial charge in [-0.1, -0.05) is 6.42 Å². The van der Waals surface area contributed by atoms with E-state index in [0.29, 0.717) is 0 Å². The van der Waals surface area contributed by atoms with Crippen molar-refractivity contribution in [1.29, 1.82) is 0 Å². The molecule has 16 heavy (non-hydrogen) atoms. The van der Waals surface area contributed by atoms with Gasteiger partial charge in [0, 0.05) is 32.8 Å². The second-order valence-electron chi connectivity index (χ2n) is 5.34. The Labute approximate surface area is 99.5 Å². The van der Waals surface area contributed by atoms with Crippen LogP contribution >= 0.6 is 0 Å². The van der Waals surface area contributed by atoms with Gasteiger partial charge in [-0.15, -0.1) is 0 Å². The third-order valence-electron chi connectivity index (χ3n) is 3.99. The summed E-state index contributed by atoms with van der Waals surface area (Å²) in [6.45, 7) is 5.71. The Bertz CT molecular complexity index is 188. The van der Waals surface area contributed by atoms with Crippen LogP contribution in [0.3, 0.4) is 0 Å². The van der Waals surface area contributed by atoms with Crippen molar-refractivity contribution in [3.05, 3.63) is 0 Å². The predicted molar refractivity (Wildman–Crippen MR) is 66.7 cm³/mol. The molecule has 1 atom stereocenters. The van der Waals surface area contributed by atoms with E-state index < -0.39 is 0 Å². The number of ether oxygens (including phenoxy) is 1. The summed E-state index contributed by atoms with van der Waals surface area (Å²) in [6.07, 6.45) is 7.05. The minimum atomic E-state index is 0.733. The molecule has 0 aromatic carbocycles. The van der Waals surface area contributed by atoms with Crippen molar-refractivity contribution in [1.82, 2.24) is 10.2 Å². The SMILES string of the molecule is COCCN(CC1CCC1)CC1CCCN1. The minimum Gasteiger partial charge on any atom is -0.383 e. The molecule has 2 fully saturated rings. The summed E-state index contributed by atoms with van der Waals surface area (Å²) >= 11 is 0. The first-order valence-electron chi connectivity index (χ1n) is 6.83. The van der Waals surface area contributed by atoms with Crippen molar-refractivity contribution in [2.75, 3.05) is 39.9 Å². The molecule has 1 aliphatic carbocycles. The summed E-state index contributed by atoms with van der Waals surface area (Å²) in [6, 6.07) is 0.733. The average molecular weight is 226 g/mol. The van der Waals surface area contributed by atoms with Crippen LogP contribution in [0.1, 0.15) is 32.1 Å². The quantitative estimate of drug-likeness (QED) is 0.712. The fourth-order valence-corrected chi connectivity index (χ4v) is 2.74. The molecule has 3 nitrogen and oxygen atoms in total. The lowest BCUT2D eigenvalue weighted by Gasteiger charge is -2.33. The molecule has 1 aliphatic heterocycles. The summed E-state index contributed by atoms with van der Waals surface area (Å²) in [4.78, 5) is 2.61. The van der Waals surface area contributed by atoms with Crippen molar-refractivity contribution in [3.63, 3.8) is 0 Å². The second-order valence-corrected chi connectivity index (χ2v) is 5.34. The largest absolute Gasteiger partial charge is 0.383 e. The first kappa shape index (κ1) is 12.3. The third kappa shape index (κ3) is 3.72. The molecule has 1 saturated carbocycles. The Hall–Kier alpha value is -0.120. The lowest BCUT2D eigenvalue weighted by Crippen LogP contribution is -2.42. The van der Waals surface area contributed by atoms with E-state index in [0.717, 1.165) is 25.1 Å². The molecule has 1 unspecified atom stereocenters. The van der Waals surface area contributed by atoms with Crippen LogP contribution in [-0.4, -0.2) is 50.8 Å². The highest BCUT2D eigenvalue weighted by Gasteiger charge is 2.23. The smallest absolute Gasteiger partial charge is 0.0589 e. The molecule has 0 radical (unpaired) electrons. The Balaban J connectivity index is 1.70. The maximum Gasteiger partial charge on any atom is 0.0589 e. The fourth-order valence-electron chi connectivity index (χ4n) is 2.74. The van der Waals surface area contributed by atoms with Crippen LogP contribution in [-0.2, 0) is 4.74 Å². The van der Waals surface area contributed by atoms with Crippen LogP contribution in [0.25, 0.3) is 0 Å². The molecule has 0 bridgehead atoms. The van der Waals surface area contributed by atoms with Crippen LogP contribution in [0.5, 0.6) is 0 Å². The van der Waals surface area contributed by atoms with Crippen LogP contribution in [0.4, 0.5) is 0 Å². The van der Waals surface area contributed by atoms with E-state index in [1.807, 2.05) is 0 Å². The number of methoxy groups -OCH3 is 1. The molecule has 2 rings (SSSR count). The van der Waals surface area contributed by atoms with Crippen molar-refractivity contribution >= 4 is 0 Å². The van der Waals surface area contributed by atoms with Gasteiger partial charge in [0.2, 0.25) is 0 Å². The zero-order valence-corrected chi connectivity index (χ0v) is 10.6. The number of hydrogen-bond donors (Lipinski definition) is 1. The van der Waals surface area contributed by atoms with Crippen LogP contribution < -0.4 is 5.32 Å². The van der Waals surface area contributed by atoms with Crippen LogP contribution in [0.2, 0.25) is 0 Å². The topological polar surface area (TPSA) is 24.5 Å². The highest BCUT2D eigenvalue weighted by Crippen LogP contribution is 2.27. The maximum atomic E-state index is 5.21. The molecule has 1 N–H and O–H groups in total. The van der Waals surface area contributed by atoms with Gasteiger partial charge < -0.3 is 10.1 Å². The highest BCUT2D eigenvalue weighted by molar-refractivity contribution is 4.80. The Morgan fingerprint density at radius 1 is 1.19 bits per heavy atom. The van der Waals surface area contributed by atoms with E-state index in [2.05, 4.69) is 10.2 Å².